The minimum Gasteiger partial charge on any atom is -0.280 e. The molecular formula is C20H19F3N2O2S. The summed E-state index contributed by atoms with van der Waals surface area (Å²) < 4.78 is 67.8. The molecule has 0 N–H and O–H groups in total. The average molecular weight is 408 g/mol. The smallest absolute Gasteiger partial charge is 0.280 e. The normalized spacial score (nSPS) is 22.4. The Bertz CT molecular complexity index is 1000. The van der Waals surface area contributed by atoms with Crippen LogP contribution in [-0.2, 0) is 15.3 Å². The first-order valence-electron chi connectivity index (χ1n) is 8.47. The van der Waals surface area contributed by atoms with Gasteiger partial charge in [-0.3, -0.25) is 5.01 Å². The van der Waals surface area contributed by atoms with Gasteiger partial charge < -0.3 is 0 Å². The summed E-state index contributed by atoms with van der Waals surface area (Å²) in [7, 11) is -3.78. The van der Waals surface area contributed by atoms with Gasteiger partial charge in [0.05, 0.1) is 16.9 Å². The van der Waals surface area contributed by atoms with Crippen LogP contribution in [0.25, 0.3) is 0 Å². The van der Waals surface area contributed by atoms with Crippen LogP contribution in [0.1, 0.15) is 11.1 Å². The number of benzene rings is 2. The van der Waals surface area contributed by atoms with Crippen molar-refractivity contribution >= 4 is 16.1 Å². The molecule has 4 nitrogen and oxygen atoms in total. The van der Waals surface area contributed by atoms with Gasteiger partial charge in [0, 0.05) is 12.5 Å². The Kier molecular flexibility index (Phi) is 5.10. The fourth-order valence-electron chi connectivity index (χ4n) is 3.70. The number of hydrogen-bond donors (Lipinski definition) is 0. The average Bonchev–Trinajstić information content (AvgIpc) is 3.03. The zero-order valence-electron chi connectivity index (χ0n) is 15.1. The predicted octanol–water partition coefficient (Wildman–Crippen LogP) is 3.79. The third-order valence-electron chi connectivity index (χ3n) is 4.75. The summed E-state index contributed by atoms with van der Waals surface area (Å²) in [6, 6.07) is 11.7. The van der Waals surface area contributed by atoms with E-state index in [4.69, 9.17) is 0 Å². The minimum absolute atomic E-state index is 0.0429. The molecule has 0 saturated heterocycles. The molecule has 2 unspecified atom stereocenters. The predicted molar refractivity (Wildman–Crippen MR) is 102 cm³/mol. The van der Waals surface area contributed by atoms with E-state index < -0.39 is 27.5 Å². The van der Waals surface area contributed by atoms with Gasteiger partial charge in [0.25, 0.3) is 0 Å². The van der Waals surface area contributed by atoms with E-state index in [9.17, 15) is 21.6 Å². The number of rotatable bonds is 5. The maximum Gasteiger partial charge on any atom is 0.411 e. The van der Waals surface area contributed by atoms with E-state index >= 15 is 0 Å². The molecule has 0 amide bonds. The van der Waals surface area contributed by atoms with Gasteiger partial charge in [0.2, 0.25) is 0 Å². The molecule has 1 aliphatic heterocycles. The van der Waals surface area contributed by atoms with E-state index in [0.717, 1.165) is 11.3 Å². The number of hydrazone groups is 1. The van der Waals surface area contributed by atoms with Gasteiger partial charge in [-0.05, 0) is 17.2 Å². The molecule has 28 heavy (non-hydrogen) atoms. The molecule has 8 heteroatoms. The highest BCUT2D eigenvalue weighted by atomic mass is 32.2. The third-order valence-corrected chi connectivity index (χ3v) is 5.90. The summed E-state index contributed by atoms with van der Waals surface area (Å²) in [5, 5.41) is 4.93. The fraction of sp³-hybridized carbons (Fsp3) is 0.250. The Morgan fingerprint density at radius 1 is 1.14 bits per heavy atom. The van der Waals surface area contributed by atoms with Crippen LogP contribution in [0.5, 0.6) is 0 Å². The zero-order valence-corrected chi connectivity index (χ0v) is 15.9. The number of alkyl halides is 3. The van der Waals surface area contributed by atoms with Crippen molar-refractivity contribution in [2.24, 2.45) is 5.10 Å². The molecule has 148 valence electrons. The van der Waals surface area contributed by atoms with Gasteiger partial charge in [-0.25, -0.2) is 8.42 Å². The summed E-state index contributed by atoms with van der Waals surface area (Å²) in [6.45, 7) is 3.38. The van der Waals surface area contributed by atoms with E-state index in [2.05, 4.69) is 11.7 Å². The van der Waals surface area contributed by atoms with Gasteiger partial charge in [-0.15, -0.1) is 6.58 Å². The zero-order chi connectivity index (χ0) is 20.6. The van der Waals surface area contributed by atoms with Crippen molar-refractivity contribution in [3.63, 3.8) is 0 Å². The van der Waals surface area contributed by atoms with Crippen LogP contribution in [0.3, 0.4) is 0 Å². The quantitative estimate of drug-likeness (QED) is 0.708. The minimum atomic E-state index is -4.68. The van der Waals surface area contributed by atoms with Crippen LogP contribution in [-0.4, -0.2) is 44.7 Å². The molecule has 3 rings (SSSR count). The maximum absolute atomic E-state index is 14.3. The van der Waals surface area contributed by atoms with E-state index in [1.54, 1.807) is 30.3 Å². The molecule has 0 spiro atoms. The van der Waals surface area contributed by atoms with Crippen molar-refractivity contribution in [3.8, 4) is 0 Å². The lowest BCUT2D eigenvalue weighted by Crippen LogP contribution is -2.54. The number of hydrogen-bond acceptors (Lipinski definition) is 4. The first kappa shape index (κ1) is 20.1. The largest absolute Gasteiger partial charge is 0.411 e. The van der Waals surface area contributed by atoms with Gasteiger partial charge in [0.1, 0.15) is 0 Å². The molecule has 2 aromatic rings. The van der Waals surface area contributed by atoms with Crippen molar-refractivity contribution in [1.82, 2.24) is 5.01 Å². The van der Waals surface area contributed by atoms with E-state index in [0.29, 0.717) is 5.56 Å². The summed E-state index contributed by atoms with van der Waals surface area (Å²) in [5.74, 6) is 0. The van der Waals surface area contributed by atoms with Gasteiger partial charge in [0.15, 0.2) is 15.9 Å². The molecule has 0 aromatic heterocycles. The van der Waals surface area contributed by atoms with Crippen LogP contribution >= 0.6 is 0 Å². The van der Waals surface area contributed by atoms with E-state index in [1.807, 2.05) is 0 Å². The summed E-state index contributed by atoms with van der Waals surface area (Å²) in [5.41, 5.74) is -1.47. The molecule has 2 aromatic carbocycles. The Labute approximate surface area is 161 Å². The molecule has 1 heterocycles. The van der Waals surface area contributed by atoms with Crippen LogP contribution in [0.15, 0.2) is 77.2 Å². The lowest BCUT2D eigenvalue weighted by molar-refractivity contribution is -0.187. The van der Waals surface area contributed by atoms with Crippen LogP contribution in [0.2, 0.25) is 0 Å². The van der Waals surface area contributed by atoms with Crippen molar-refractivity contribution in [1.29, 1.82) is 0 Å². The Morgan fingerprint density at radius 2 is 1.75 bits per heavy atom. The van der Waals surface area contributed by atoms with Gasteiger partial charge >= 0.3 is 6.18 Å². The Balaban J connectivity index is 2.40. The summed E-state index contributed by atoms with van der Waals surface area (Å²) >= 11 is 0. The SMILES string of the molecule is C=CCN1N=CC(c2ccccc2)(c2ccccc2S(C)(=O)=O)C1C(F)(F)F. The Hall–Kier alpha value is -2.61. The van der Waals surface area contributed by atoms with Crippen molar-refractivity contribution in [2.75, 3.05) is 12.8 Å². The third kappa shape index (κ3) is 3.32. The molecular weight excluding hydrogens is 389 g/mol. The standard InChI is InChI=1S/C20H19F3N2O2S/c1-3-13-25-18(20(21,22)23)19(14-24-25,15-9-5-4-6-10-15)16-11-7-8-12-17(16)28(2,26)27/h3-12,14,18H,1,13H2,2H3. The molecule has 0 fully saturated rings. The molecule has 1 aliphatic rings. The Morgan fingerprint density at radius 3 is 2.32 bits per heavy atom. The second kappa shape index (κ2) is 7.09. The molecule has 0 radical (unpaired) electrons. The van der Waals surface area contributed by atoms with Crippen molar-refractivity contribution in [3.05, 3.63) is 78.4 Å². The van der Waals surface area contributed by atoms with Crippen molar-refractivity contribution < 1.29 is 21.6 Å². The van der Waals surface area contributed by atoms with Crippen LogP contribution in [0, 0.1) is 0 Å². The summed E-state index contributed by atoms with van der Waals surface area (Å²) in [6.07, 6.45) is -1.16. The second-order valence-corrected chi connectivity index (χ2v) is 8.59. The molecule has 0 aliphatic carbocycles. The van der Waals surface area contributed by atoms with Crippen LogP contribution in [0.4, 0.5) is 13.2 Å². The highest BCUT2D eigenvalue weighted by Crippen LogP contribution is 2.48. The first-order chi connectivity index (χ1) is 13.1. The lowest BCUT2D eigenvalue weighted by Gasteiger charge is -2.39. The van der Waals surface area contributed by atoms with E-state index in [1.165, 1.54) is 36.6 Å². The highest BCUT2D eigenvalue weighted by molar-refractivity contribution is 7.90. The lowest BCUT2D eigenvalue weighted by atomic mass is 9.70. The van der Waals surface area contributed by atoms with Gasteiger partial charge in [-0.2, -0.15) is 18.3 Å². The van der Waals surface area contributed by atoms with Crippen molar-refractivity contribution in [2.45, 2.75) is 22.5 Å². The topological polar surface area (TPSA) is 49.7 Å². The molecule has 0 saturated carbocycles. The summed E-state index contributed by atoms with van der Waals surface area (Å²) in [4.78, 5) is -0.153. The fourth-order valence-corrected chi connectivity index (χ4v) is 4.66. The number of sulfone groups is 1. The van der Waals surface area contributed by atoms with Gasteiger partial charge in [-0.1, -0.05) is 54.6 Å². The maximum atomic E-state index is 14.3. The first-order valence-corrected chi connectivity index (χ1v) is 10.4. The van der Waals surface area contributed by atoms with Crippen LogP contribution < -0.4 is 0 Å². The monoisotopic (exact) mass is 408 g/mol. The molecule has 0 bridgehead atoms. The molecule has 2 atom stereocenters. The highest BCUT2D eigenvalue weighted by Gasteiger charge is 2.61. The number of nitrogens with zero attached hydrogens (tertiary/aromatic N) is 2. The number of halogens is 3. The van der Waals surface area contributed by atoms with E-state index in [-0.39, 0.29) is 17.0 Å². The second-order valence-electron chi connectivity index (χ2n) is 6.60.